The molecule has 0 bridgehead atoms. The van der Waals surface area contributed by atoms with E-state index in [1.807, 2.05) is 24.3 Å². The molecule has 5 nitrogen and oxygen atoms in total. The summed E-state index contributed by atoms with van der Waals surface area (Å²) in [4.78, 5) is 10.8. The zero-order chi connectivity index (χ0) is 15.4. The van der Waals surface area contributed by atoms with E-state index >= 15 is 0 Å². The number of benzene rings is 1. The number of carboxylic acids is 1. The van der Waals surface area contributed by atoms with Crippen LogP contribution in [-0.2, 0) is 6.73 Å². The topological polar surface area (TPSA) is 64.3 Å². The monoisotopic (exact) mass is 308 g/mol. The van der Waals surface area contributed by atoms with E-state index in [2.05, 4.69) is 18.9 Å². The zero-order valence-corrected chi connectivity index (χ0v) is 12.7. The van der Waals surface area contributed by atoms with Crippen LogP contribution >= 0.6 is 11.6 Å². The first-order valence-electron chi connectivity index (χ1n) is 6.70. The third-order valence-electron chi connectivity index (χ3n) is 3.34. The van der Waals surface area contributed by atoms with Gasteiger partial charge in [0, 0.05) is 6.20 Å². The molecule has 0 saturated heterocycles. The van der Waals surface area contributed by atoms with Crippen molar-refractivity contribution in [2.45, 2.75) is 32.9 Å². The molecule has 0 aliphatic carbocycles. The summed E-state index contributed by atoms with van der Waals surface area (Å²) in [5, 5.41) is 12.8. The number of aromatic carboxylic acids is 1. The molecule has 1 atom stereocenters. The highest BCUT2D eigenvalue weighted by Crippen LogP contribution is 2.22. The minimum Gasteiger partial charge on any atom is -0.476 e. The van der Waals surface area contributed by atoms with Crippen molar-refractivity contribution in [2.75, 3.05) is 0 Å². The van der Waals surface area contributed by atoms with Gasteiger partial charge in [0.05, 0.1) is 5.02 Å². The predicted octanol–water partition coefficient (Wildman–Crippen LogP) is 3.78. The minimum atomic E-state index is -1.16. The van der Waals surface area contributed by atoms with Gasteiger partial charge in [-0.15, -0.1) is 0 Å². The first-order valence-corrected chi connectivity index (χ1v) is 7.08. The van der Waals surface area contributed by atoms with Crippen molar-refractivity contribution >= 4 is 17.6 Å². The summed E-state index contributed by atoms with van der Waals surface area (Å²) in [7, 11) is 0. The summed E-state index contributed by atoms with van der Waals surface area (Å²) >= 11 is 5.77. The van der Waals surface area contributed by atoms with Crippen LogP contribution in [0, 0.1) is 0 Å². The van der Waals surface area contributed by atoms with E-state index in [9.17, 15) is 4.79 Å². The first-order chi connectivity index (χ1) is 10.0. The van der Waals surface area contributed by atoms with Crippen LogP contribution in [0.3, 0.4) is 0 Å². The van der Waals surface area contributed by atoms with E-state index in [-0.39, 0.29) is 17.4 Å². The van der Waals surface area contributed by atoms with Gasteiger partial charge in [0.15, 0.2) is 12.4 Å². The predicted molar refractivity (Wildman–Crippen MR) is 80.0 cm³/mol. The van der Waals surface area contributed by atoms with Gasteiger partial charge in [0.2, 0.25) is 0 Å². The number of carbonyl (C=O) groups is 1. The SMILES string of the molecule is CCC(C)c1ccc(OCn2cc(Cl)c(C(=O)O)n2)cc1. The molecule has 2 aromatic rings. The third kappa shape index (κ3) is 3.76. The lowest BCUT2D eigenvalue weighted by molar-refractivity contribution is 0.0688. The average Bonchev–Trinajstić information content (AvgIpc) is 2.86. The molecular formula is C15H17ClN2O3. The second-order valence-corrected chi connectivity index (χ2v) is 5.23. The van der Waals surface area contributed by atoms with Crippen molar-refractivity contribution in [3.8, 4) is 5.75 Å². The third-order valence-corrected chi connectivity index (χ3v) is 3.62. The molecular weight excluding hydrogens is 292 g/mol. The Morgan fingerprint density at radius 2 is 2.10 bits per heavy atom. The van der Waals surface area contributed by atoms with E-state index in [4.69, 9.17) is 21.4 Å². The van der Waals surface area contributed by atoms with Gasteiger partial charge in [0.25, 0.3) is 0 Å². The fraction of sp³-hybridized carbons (Fsp3) is 0.333. The summed E-state index contributed by atoms with van der Waals surface area (Å²) in [6, 6.07) is 7.85. The van der Waals surface area contributed by atoms with Crippen molar-refractivity contribution in [3.05, 3.63) is 46.7 Å². The lowest BCUT2D eigenvalue weighted by Gasteiger charge is -2.10. The summed E-state index contributed by atoms with van der Waals surface area (Å²) in [6.45, 7) is 4.43. The van der Waals surface area contributed by atoms with Crippen LogP contribution < -0.4 is 4.74 Å². The molecule has 0 aliphatic heterocycles. The van der Waals surface area contributed by atoms with E-state index in [1.165, 1.54) is 16.4 Å². The lowest BCUT2D eigenvalue weighted by atomic mass is 9.99. The summed E-state index contributed by atoms with van der Waals surface area (Å²) in [5.41, 5.74) is 1.09. The van der Waals surface area contributed by atoms with Crippen LogP contribution in [0.4, 0.5) is 0 Å². The standard InChI is InChI=1S/C15H17ClN2O3/c1-3-10(2)11-4-6-12(7-5-11)21-9-18-8-13(16)14(17-18)15(19)20/h4-8,10H,3,9H2,1-2H3,(H,19,20). The Balaban J connectivity index is 2.00. The Hall–Kier alpha value is -2.01. The summed E-state index contributed by atoms with van der Waals surface area (Å²) in [6.07, 6.45) is 2.52. The van der Waals surface area contributed by atoms with Crippen molar-refractivity contribution in [3.63, 3.8) is 0 Å². The molecule has 2 rings (SSSR count). The molecule has 1 N–H and O–H groups in total. The van der Waals surface area contributed by atoms with Crippen LogP contribution in [0.25, 0.3) is 0 Å². The second-order valence-electron chi connectivity index (χ2n) is 4.82. The molecule has 21 heavy (non-hydrogen) atoms. The zero-order valence-electron chi connectivity index (χ0n) is 11.9. The molecule has 1 unspecified atom stereocenters. The van der Waals surface area contributed by atoms with E-state index < -0.39 is 5.97 Å². The lowest BCUT2D eigenvalue weighted by Crippen LogP contribution is -2.07. The van der Waals surface area contributed by atoms with Crippen molar-refractivity contribution in [1.82, 2.24) is 9.78 Å². The van der Waals surface area contributed by atoms with E-state index in [0.717, 1.165) is 6.42 Å². The van der Waals surface area contributed by atoms with Crippen LogP contribution in [0.15, 0.2) is 30.5 Å². The normalized spacial score (nSPS) is 12.1. The number of rotatable bonds is 6. The fourth-order valence-electron chi connectivity index (χ4n) is 1.88. The van der Waals surface area contributed by atoms with E-state index in [1.54, 1.807) is 0 Å². The van der Waals surface area contributed by atoms with Gasteiger partial charge in [0.1, 0.15) is 5.75 Å². The number of hydrogen-bond acceptors (Lipinski definition) is 3. The molecule has 0 radical (unpaired) electrons. The molecule has 0 spiro atoms. The quantitative estimate of drug-likeness (QED) is 0.882. The molecule has 1 aromatic heterocycles. The Bertz CT molecular complexity index is 622. The van der Waals surface area contributed by atoms with Gasteiger partial charge in [-0.3, -0.25) is 0 Å². The van der Waals surface area contributed by atoms with Gasteiger partial charge < -0.3 is 9.84 Å². The number of aromatic nitrogens is 2. The average molecular weight is 309 g/mol. The van der Waals surface area contributed by atoms with Crippen molar-refractivity contribution < 1.29 is 14.6 Å². The molecule has 0 amide bonds. The van der Waals surface area contributed by atoms with Crippen molar-refractivity contribution in [2.24, 2.45) is 0 Å². The maximum absolute atomic E-state index is 10.8. The number of hydrogen-bond donors (Lipinski definition) is 1. The number of nitrogens with zero attached hydrogens (tertiary/aromatic N) is 2. The molecule has 1 aromatic carbocycles. The second kappa shape index (κ2) is 6.63. The molecule has 1 heterocycles. The van der Waals surface area contributed by atoms with Crippen LogP contribution in [-0.4, -0.2) is 20.9 Å². The number of carboxylic acid groups (broad SMARTS) is 1. The molecule has 6 heteroatoms. The maximum atomic E-state index is 10.8. The molecule has 0 aliphatic rings. The number of halogens is 1. The van der Waals surface area contributed by atoms with Gasteiger partial charge in [-0.2, -0.15) is 5.10 Å². The van der Waals surface area contributed by atoms with E-state index in [0.29, 0.717) is 11.7 Å². The van der Waals surface area contributed by atoms with Gasteiger partial charge in [-0.25, -0.2) is 9.48 Å². The Labute approximate surface area is 128 Å². The van der Waals surface area contributed by atoms with Crippen LogP contribution in [0.5, 0.6) is 5.75 Å². The van der Waals surface area contributed by atoms with Crippen LogP contribution in [0.2, 0.25) is 5.02 Å². The minimum absolute atomic E-state index is 0.0956. The first kappa shape index (κ1) is 15.4. The largest absolute Gasteiger partial charge is 0.476 e. The highest BCUT2D eigenvalue weighted by molar-refractivity contribution is 6.33. The van der Waals surface area contributed by atoms with Crippen LogP contribution in [0.1, 0.15) is 42.2 Å². The smallest absolute Gasteiger partial charge is 0.357 e. The molecule has 112 valence electrons. The Kier molecular flexibility index (Phi) is 4.85. The summed E-state index contributed by atoms with van der Waals surface area (Å²) in [5.74, 6) is 0.0595. The Morgan fingerprint density at radius 1 is 1.43 bits per heavy atom. The van der Waals surface area contributed by atoms with Gasteiger partial charge >= 0.3 is 5.97 Å². The number of ether oxygens (including phenoxy) is 1. The molecule has 0 fully saturated rings. The highest BCUT2D eigenvalue weighted by atomic mass is 35.5. The molecule has 0 saturated carbocycles. The maximum Gasteiger partial charge on any atom is 0.357 e. The van der Waals surface area contributed by atoms with Gasteiger partial charge in [-0.05, 0) is 30.0 Å². The Morgan fingerprint density at radius 3 is 2.62 bits per heavy atom. The summed E-state index contributed by atoms with van der Waals surface area (Å²) < 4.78 is 6.91. The van der Waals surface area contributed by atoms with Gasteiger partial charge in [-0.1, -0.05) is 37.6 Å². The highest BCUT2D eigenvalue weighted by Gasteiger charge is 2.14. The van der Waals surface area contributed by atoms with Crippen molar-refractivity contribution in [1.29, 1.82) is 0 Å². The fourth-order valence-corrected chi connectivity index (χ4v) is 2.11.